The minimum atomic E-state index is -0.401. The zero-order valence-electron chi connectivity index (χ0n) is 14.9. The van der Waals surface area contributed by atoms with Gasteiger partial charge in [-0.3, -0.25) is 4.90 Å². The van der Waals surface area contributed by atoms with Crippen LogP contribution in [0.25, 0.3) is 0 Å². The van der Waals surface area contributed by atoms with Crippen LogP contribution in [0.1, 0.15) is 66.2 Å². The van der Waals surface area contributed by atoms with Crippen molar-refractivity contribution in [1.82, 2.24) is 9.80 Å². The fraction of sp³-hybridized carbons (Fsp3) is 0.944. The second kappa shape index (κ2) is 7.67. The van der Waals surface area contributed by atoms with Gasteiger partial charge < -0.3 is 9.64 Å². The van der Waals surface area contributed by atoms with E-state index >= 15 is 0 Å². The highest BCUT2D eigenvalue weighted by atomic mass is 16.6. The normalized spacial score (nSPS) is 23.4. The number of nitrogens with zero attached hydrogens (tertiary/aromatic N) is 2. The third-order valence-electron chi connectivity index (χ3n) is 5.05. The number of rotatable bonds is 3. The lowest BCUT2D eigenvalue weighted by Crippen LogP contribution is -2.54. The first-order valence-corrected chi connectivity index (χ1v) is 9.12. The lowest BCUT2D eigenvalue weighted by Gasteiger charge is -2.43. The maximum absolute atomic E-state index is 12.1. The molecule has 0 radical (unpaired) electrons. The molecule has 1 aliphatic heterocycles. The molecule has 128 valence electrons. The summed E-state index contributed by atoms with van der Waals surface area (Å²) >= 11 is 0. The standard InChI is InChI=1S/C18H34N2O2/c1-5-16(15-9-7-6-8-10-15)19-11-13-20(14-12-19)17(21)22-18(2,3)4/h15-16H,5-14H2,1-4H3. The molecule has 2 rings (SSSR count). The van der Waals surface area contributed by atoms with Crippen molar-refractivity contribution in [2.45, 2.75) is 77.9 Å². The van der Waals surface area contributed by atoms with Crippen LogP contribution in [-0.2, 0) is 4.74 Å². The van der Waals surface area contributed by atoms with Gasteiger partial charge in [0.25, 0.3) is 0 Å². The minimum absolute atomic E-state index is 0.155. The fourth-order valence-electron chi connectivity index (χ4n) is 3.97. The molecule has 0 N–H and O–H groups in total. The lowest BCUT2D eigenvalue weighted by molar-refractivity contribution is 0.00445. The predicted octanol–water partition coefficient (Wildman–Crippen LogP) is 3.90. The Morgan fingerprint density at radius 1 is 1.09 bits per heavy atom. The van der Waals surface area contributed by atoms with Crippen molar-refractivity contribution >= 4 is 6.09 Å². The molecule has 0 aromatic rings. The Morgan fingerprint density at radius 3 is 2.18 bits per heavy atom. The SMILES string of the molecule is CCC(C1CCCCC1)N1CCN(C(=O)OC(C)(C)C)CC1. The van der Waals surface area contributed by atoms with Gasteiger partial charge in [-0.25, -0.2) is 4.79 Å². The van der Waals surface area contributed by atoms with Crippen molar-refractivity contribution in [2.24, 2.45) is 5.92 Å². The maximum Gasteiger partial charge on any atom is 0.410 e. The molecule has 1 saturated carbocycles. The molecule has 1 heterocycles. The van der Waals surface area contributed by atoms with E-state index in [9.17, 15) is 4.79 Å². The van der Waals surface area contributed by atoms with Gasteiger partial charge in [0.2, 0.25) is 0 Å². The van der Waals surface area contributed by atoms with E-state index in [-0.39, 0.29) is 6.09 Å². The molecule has 4 heteroatoms. The zero-order valence-corrected chi connectivity index (χ0v) is 14.9. The molecule has 22 heavy (non-hydrogen) atoms. The van der Waals surface area contributed by atoms with Crippen molar-refractivity contribution in [3.63, 3.8) is 0 Å². The second-order valence-corrected chi connectivity index (χ2v) is 7.88. The Bertz CT molecular complexity index is 351. The highest BCUT2D eigenvalue weighted by Crippen LogP contribution is 2.31. The summed E-state index contributed by atoms with van der Waals surface area (Å²) < 4.78 is 5.48. The third-order valence-corrected chi connectivity index (χ3v) is 5.05. The van der Waals surface area contributed by atoms with Gasteiger partial charge in [-0.15, -0.1) is 0 Å². The van der Waals surface area contributed by atoms with Crippen LogP contribution in [0.4, 0.5) is 4.79 Å². The molecular weight excluding hydrogens is 276 g/mol. The monoisotopic (exact) mass is 310 g/mol. The summed E-state index contributed by atoms with van der Waals surface area (Å²) in [6, 6.07) is 0.709. The average molecular weight is 310 g/mol. The van der Waals surface area contributed by atoms with Gasteiger partial charge in [-0.1, -0.05) is 26.2 Å². The number of carbonyl (C=O) groups is 1. The molecule has 1 amide bonds. The number of hydrogen-bond acceptors (Lipinski definition) is 3. The van der Waals surface area contributed by atoms with E-state index in [1.807, 2.05) is 25.7 Å². The van der Waals surface area contributed by atoms with E-state index in [0.29, 0.717) is 6.04 Å². The van der Waals surface area contributed by atoms with E-state index < -0.39 is 5.60 Å². The first-order valence-electron chi connectivity index (χ1n) is 9.12. The van der Waals surface area contributed by atoms with Crippen LogP contribution in [0, 0.1) is 5.92 Å². The molecule has 1 saturated heterocycles. The Balaban J connectivity index is 1.83. The molecule has 0 aromatic carbocycles. The summed E-state index contributed by atoms with van der Waals surface area (Å²) in [6.07, 6.45) is 8.09. The first-order chi connectivity index (χ1) is 10.4. The Morgan fingerprint density at radius 2 is 1.68 bits per heavy atom. The highest BCUT2D eigenvalue weighted by molar-refractivity contribution is 5.68. The smallest absolute Gasteiger partial charge is 0.410 e. The molecule has 1 aliphatic carbocycles. The summed E-state index contributed by atoms with van der Waals surface area (Å²) in [5.74, 6) is 0.867. The molecule has 1 unspecified atom stereocenters. The molecule has 2 fully saturated rings. The zero-order chi connectivity index (χ0) is 16.2. The predicted molar refractivity (Wildman–Crippen MR) is 90.0 cm³/mol. The maximum atomic E-state index is 12.1. The summed E-state index contributed by atoms with van der Waals surface area (Å²) in [5.41, 5.74) is -0.401. The summed E-state index contributed by atoms with van der Waals surface area (Å²) in [6.45, 7) is 11.7. The number of ether oxygens (including phenoxy) is 1. The van der Waals surface area contributed by atoms with Gasteiger partial charge in [-0.05, 0) is 46.0 Å². The number of piperazine rings is 1. The topological polar surface area (TPSA) is 32.8 Å². The second-order valence-electron chi connectivity index (χ2n) is 7.88. The van der Waals surface area contributed by atoms with Crippen LogP contribution in [0.5, 0.6) is 0 Å². The van der Waals surface area contributed by atoms with E-state index in [0.717, 1.165) is 32.1 Å². The number of hydrogen-bond donors (Lipinski definition) is 0. The van der Waals surface area contributed by atoms with Gasteiger partial charge in [0.1, 0.15) is 5.60 Å². The third kappa shape index (κ3) is 4.87. The van der Waals surface area contributed by atoms with Crippen LogP contribution < -0.4 is 0 Å². The van der Waals surface area contributed by atoms with Crippen molar-refractivity contribution in [2.75, 3.05) is 26.2 Å². The van der Waals surface area contributed by atoms with Gasteiger partial charge in [0.15, 0.2) is 0 Å². The lowest BCUT2D eigenvalue weighted by atomic mass is 9.82. The van der Waals surface area contributed by atoms with E-state index in [4.69, 9.17) is 4.74 Å². The van der Waals surface area contributed by atoms with Crippen LogP contribution in [-0.4, -0.2) is 53.7 Å². The summed E-state index contributed by atoms with van der Waals surface area (Å²) in [4.78, 5) is 16.6. The Hall–Kier alpha value is -0.770. The Labute approximate surface area is 136 Å². The van der Waals surface area contributed by atoms with Crippen LogP contribution in [0.2, 0.25) is 0 Å². The van der Waals surface area contributed by atoms with Crippen molar-refractivity contribution in [3.8, 4) is 0 Å². The van der Waals surface area contributed by atoms with Crippen molar-refractivity contribution in [1.29, 1.82) is 0 Å². The van der Waals surface area contributed by atoms with Crippen molar-refractivity contribution < 1.29 is 9.53 Å². The van der Waals surface area contributed by atoms with Crippen LogP contribution in [0.15, 0.2) is 0 Å². The van der Waals surface area contributed by atoms with Gasteiger partial charge in [-0.2, -0.15) is 0 Å². The molecule has 2 aliphatic rings. The molecule has 0 bridgehead atoms. The first kappa shape index (κ1) is 17.6. The Kier molecular flexibility index (Phi) is 6.13. The average Bonchev–Trinajstić information content (AvgIpc) is 2.48. The molecule has 0 aromatic heterocycles. The molecular formula is C18H34N2O2. The van der Waals surface area contributed by atoms with Gasteiger partial charge >= 0.3 is 6.09 Å². The fourth-order valence-corrected chi connectivity index (χ4v) is 3.97. The number of carbonyl (C=O) groups excluding carboxylic acids is 1. The molecule has 1 atom stereocenters. The molecule has 4 nitrogen and oxygen atoms in total. The highest BCUT2D eigenvalue weighted by Gasteiger charge is 2.32. The van der Waals surface area contributed by atoms with Gasteiger partial charge in [0.05, 0.1) is 0 Å². The molecule has 0 spiro atoms. The van der Waals surface area contributed by atoms with Gasteiger partial charge in [0, 0.05) is 32.2 Å². The summed E-state index contributed by atoms with van der Waals surface area (Å²) in [7, 11) is 0. The summed E-state index contributed by atoms with van der Waals surface area (Å²) in [5, 5.41) is 0. The van der Waals surface area contributed by atoms with E-state index in [2.05, 4.69) is 11.8 Å². The largest absolute Gasteiger partial charge is 0.444 e. The minimum Gasteiger partial charge on any atom is -0.444 e. The van der Waals surface area contributed by atoms with Crippen LogP contribution in [0.3, 0.4) is 0 Å². The van der Waals surface area contributed by atoms with E-state index in [1.165, 1.54) is 38.5 Å². The van der Waals surface area contributed by atoms with Crippen molar-refractivity contribution in [3.05, 3.63) is 0 Å². The quantitative estimate of drug-likeness (QED) is 0.792. The van der Waals surface area contributed by atoms with E-state index in [1.54, 1.807) is 0 Å². The number of amides is 1. The van der Waals surface area contributed by atoms with Crippen LogP contribution >= 0.6 is 0 Å².